The fourth-order valence-electron chi connectivity index (χ4n) is 2.30. The number of para-hydroxylation sites is 1. The van der Waals surface area contributed by atoms with Gasteiger partial charge in [0.15, 0.2) is 0 Å². The number of H-pyrrole nitrogens is 1. The predicted octanol–water partition coefficient (Wildman–Crippen LogP) is 1.86. The first-order valence-electron chi connectivity index (χ1n) is 6.25. The number of aliphatic carboxylic acids is 1. The molecule has 1 heterocycles. The molecule has 0 aliphatic heterocycles. The molecular formula is C14H14N2O3. The summed E-state index contributed by atoms with van der Waals surface area (Å²) < 4.78 is 0. The number of hydrogen-bond donors (Lipinski definition) is 2. The fraction of sp³-hybridized carbons (Fsp3) is 0.286. The van der Waals surface area contributed by atoms with Crippen LogP contribution in [0.2, 0.25) is 0 Å². The van der Waals surface area contributed by atoms with Gasteiger partial charge in [-0.25, -0.2) is 0 Å². The van der Waals surface area contributed by atoms with Gasteiger partial charge in [-0.2, -0.15) is 0 Å². The van der Waals surface area contributed by atoms with Crippen LogP contribution in [0.3, 0.4) is 0 Å². The number of carboxylic acids is 1. The molecule has 0 atom stereocenters. The highest BCUT2D eigenvalue weighted by molar-refractivity contribution is 6.07. The molecule has 98 valence electrons. The van der Waals surface area contributed by atoms with E-state index in [-0.39, 0.29) is 18.5 Å². The molecule has 0 spiro atoms. The molecule has 2 N–H and O–H groups in total. The summed E-state index contributed by atoms with van der Waals surface area (Å²) in [6.07, 6.45) is 3.44. The number of carboxylic acid groups (broad SMARTS) is 1. The molecule has 0 bridgehead atoms. The standard InChI is InChI=1S/C14H14N2O3/c17-13(18)8-16(9-5-6-9)14(19)11-7-15-12-4-2-1-3-10(11)12/h1-4,7,9,15H,5-6,8H2,(H,17,18). The van der Waals surface area contributed by atoms with Crippen LogP contribution in [0.1, 0.15) is 23.2 Å². The van der Waals surface area contributed by atoms with Crippen LogP contribution in [0, 0.1) is 0 Å². The molecule has 1 saturated carbocycles. The van der Waals surface area contributed by atoms with E-state index in [1.54, 1.807) is 6.20 Å². The molecule has 0 unspecified atom stereocenters. The Morgan fingerprint density at radius 1 is 1.32 bits per heavy atom. The van der Waals surface area contributed by atoms with Crippen LogP contribution in [0.5, 0.6) is 0 Å². The average Bonchev–Trinajstić information content (AvgIpc) is 3.14. The van der Waals surface area contributed by atoms with Crippen molar-refractivity contribution in [1.29, 1.82) is 0 Å². The smallest absolute Gasteiger partial charge is 0.323 e. The van der Waals surface area contributed by atoms with Crippen molar-refractivity contribution < 1.29 is 14.7 Å². The number of aromatic nitrogens is 1. The molecule has 1 amide bonds. The zero-order valence-corrected chi connectivity index (χ0v) is 10.3. The third-order valence-electron chi connectivity index (χ3n) is 3.37. The van der Waals surface area contributed by atoms with Crippen molar-refractivity contribution in [3.63, 3.8) is 0 Å². The van der Waals surface area contributed by atoms with Crippen LogP contribution >= 0.6 is 0 Å². The van der Waals surface area contributed by atoms with Crippen molar-refractivity contribution >= 4 is 22.8 Å². The van der Waals surface area contributed by atoms with Crippen LogP contribution < -0.4 is 0 Å². The summed E-state index contributed by atoms with van der Waals surface area (Å²) in [7, 11) is 0. The summed E-state index contributed by atoms with van der Waals surface area (Å²) in [6, 6.07) is 7.60. The van der Waals surface area contributed by atoms with E-state index >= 15 is 0 Å². The van der Waals surface area contributed by atoms with E-state index in [1.807, 2.05) is 24.3 Å². The molecule has 0 saturated heterocycles. The molecule has 2 aromatic rings. The number of amides is 1. The second-order valence-corrected chi connectivity index (χ2v) is 4.81. The molecule has 1 aromatic carbocycles. The number of hydrogen-bond acceptors (Lipinski definition) is 2. The zero-order chi connectivity index (χ0) is 13.4. The third kappa shape index (κ3) is 2.19. The number of carbonyl (C=O) groups is 2. The number of rotatable bonds is 4. The van der Waals surface area contributed by atoms with Gasteiger partial charge < -0.3 is 15.0 Å². The number of aromatic amines is 1. The maximum Gasteiger partial charge on any atom is 0.323 e. The molecule has 5 nitrogen and oxygen atoms in total. The Hall–Kier alpha value is -2.30. The Bertz CT molecular complexity index is 643. The van der Waals surface area contributed by atoms with E-state index in [1.165, 1.54) is 4.90 Å². The van der Waals surface area contributed by atoms with E-state index in [0.29, 0.717) is 5.56 Å². The van der Waals surface area contributed by atoms with Gasteiger partial charge in [-0.1, -0.05) is 18.2 Å². The second kappa shape index (κ2) is 4.42. The van der Waals surface area contributed by atoms with Gasteiger partial charge in [0.25, 0.3) is 5.91 Å². The first-order chi connectivity index (χ1) is 9.16. The molecule has 0 radical (unpaired) electrons. The lowest BCUT2D eigenvalue weighted by Crippen LogP contribution is -2.37. The lowest BCUT2D eigenvalue weighted by molar-refractivity contribution is -0.137. The van der Waals surface area contributed by atoms with Gasteiger partial charge in [0.2, 0.25) is 0 Å². The lowest BCUT2D eigenvalue weighted by atomic mass is 10.1. The molecule has 3 rings (SSSR count). The Morgan fingerprint density at radius 3 is 2.74 bits per heavy atom. The highest BCUT2D eigenvalue weighted by atomic mass is 16.4. The van der Waals surface area contributed by atoms with E-state index < -0.39 is 5.97 Å². The molecule has 5 heteroatoms. The number of benzene rings is 1. The highest BCUT2D eigenvalue weighted by Gasteiger charge is 2.35. The van der Waals surface area contributed by atoms with Crippen molar-refractivity contribution in [2.45, 2.75) is 18.9 Å². The minimum atomic E-state index is -0.972. The largest absolute Gasteiger partial charge is 0.480 e. The first kappa shape index (κ1) is 11.8. The minimum Gasteiger partial charge on any atom is -0.480 e. The van der Waals surface area contributed by atoms with E-state index in [4.69, 9.17) is 5.11 Å². The average molecular weight is 258 g/mol. The van der Waals surface area contributed by atoms with Gasteiger partial charge in [-0.15, -0.1) is 0 Å². The summed E-state index contributed by atoms with van der Waals surface area (Å²) in [5.41, 5.74) is 1.43. The molecule has 1 aliphatic rings. The fourth-order valence-corrected chi connectivity index (χ4v) is 2.30. The van der Waals surface area contributed by atoms with Crippen molar-refractivity contribution in [2.75, 3.05) is 6.54 Å². The minimum absolute atomic E-state index is 0.0808. The van der Waals surface area contributed by atoms with Gasteiger partial charge in [0.1, 0.15) is 6.54 Å². The van der Waals surface area contributed by atoms with Gasteiger partial charge in [0.05, 0.1) is 5.56 Å². The third-order valence-corrected chi connectivity index (χ3v) is 3.37. The maximum atomic E-state index is 12.5. The Labute approximate surface area is 109 Å². The summed E-state index contributed by atoms with van der Waals surface area (Å²) in [5.74, 6) is -1.18. The Morgan fingerprint density at radius 2 is 2.05 bits per heavy atom. The Kier molecular flexibility index (Phi) is 2.74. The van der Waals surface area contributed by atoms with Gasteiger partial charge in [-0.05, 0) is 18.9 Å². The number of fused-ring (bicyclic) bond motifs is 1. The molecule has 1 aliphatic carbocycles. The van der Waals surface area contributed by atoms with Crippen molar-refractivity contribution in [3.8, 4) is 0 Å². The number of carbonyl (C=O) groups excluding carboxylic acids is 1. The first-order valence-corrected chi connectivity index (χ1v) is 6.25. The van der Waals surface area contributed by atoms with Crippen molar-refractivity contribution in [2.24, 2.45) is 0 Å². The second-order valence-electron chi connectivity index (χ2n) is 4.81. The Balaban J connectivity index is 1.95. The number of nitrogens with zero attached hydrogens (tertiary/aromatic N) is 1. The van der Waals surface area contributed by atoms with Crippen molar-refractivity contribution in [3.05, 3.63) is 36.0 Å². The summed E-state index contributed by atoms with van der Waals surface area (Å²) in [4.78, 5) is 27.9. The van der Waals surface area contributed by atoms with E-state index in [9.17, 15) is 9.59 Å². The van der Waals surface area contributed by atoms with Gasteiger partial charge in [-0.3, -0.25) is 9.59 Å². The molecule has 19 heavy (non-hydrogen) atoms. The van der Waals surface area contributed by atoms with Gasteiger partial charge >= 0.3 is 5.97 Å². The normalized spacial score (nSPS) is 14.5. The van der Waals surface area contributed by atoms with Crippen LogP contribution in [0.25, 0.3) is 10.9 Å². The van der Waals surface area contributed by atoms with Crippen LogP contribution in [0.15, 0.2) is 30.5 Å². The zero-order valence-electron chi connectivity index (χ0n) is 10.3. The van der Waals surface area contributed by atoms with Crippen molar-refractivity contribution in [1.82, 2.24) is 9.88 Å². The maximum absolute atomic E-state index is 12.5. The summed E-state index contributed by atoms with van der Waals surface area (Å²) in [6.45, 7) is -0.233. The van der Waals surface area contributed by atoms with Gasteiger partial charge in [0, 0.05) is 23.1 Å². The SMILES string of the molecule is O=C(O)CN(C(=O)c1c[nH]c2ccccc12)C1CC1. The summed E-state index contributed by atoms with van der Waals surface area (Å²) >= 11 is 0. The predicted molar refractivity (Wildman–Crippen MR) is 70.0 cm³/mol. The van der Waals surface area contributed by atoms with Crippen LogP contribution in [0.4, 0.5) is 0 Å². The quantitative estimate of drug-likeness (QED) is 0.879. The van der Waals surface area contributed by atoms with Crippen LogP contribution in [-0.2, 0) is 4.79 Å². The topological polar surface area (TPSA) is 73.4 Å². The molecular weight excluding hydrogens is 244 g/mol. The molecule has 1 fully saturated rings. The van der Waals surface area contributed by atoms with E-state index in [0.717, 1.165) is 23.7 Å². The van der Waals surface area contributed by atoms with E-state index in [2.05, 4.69) is 4.98 Å². The lowest BCUT2D eigenvalue weighted by Gasteiger charge is -2.19. The number of nitrogens with one attached hydrogen (secondary N) is 1. The highest BCUT2D eigenvalue weighted by Crippen LogP contribution is 2.29. The monoisotopic (exact) mass is 258 g/mol. The summed E-state index contributed by atoms with van der Waals surface area (Å²) in [5, 5.41) is 9.76. The van der Waals surface area contributed by atoms with Crippen LogP contribution in [-0.4, -0.2) is 39.5 Å². The molecule has 1 aromatic heterocycles.